The summed E-state index contributed by atoms with van der Waals surface area (Å²) in [5.41, 5.74) is 0. The maximum Gasteiger partial charge on any atom is 0.452 e. The van der Waals surface area contributed by atoms with E-state index in [1.54, 1.807) is 0 Å². The van der Waals surface area contributed by atoms with Crippen molar-refractivity contribution in [3.8, 4) is 0 Å². The Bertz CT molecular complexity index is 159. The number of rotatable bonds is 0. The smallest absolute Gasteiger partial charge is 0.198 e. The predicted octanol–water partition coefficient (Wildman–Crippen LogP) is 5.57. The molecule has 16 heavy (non-hydrogen) atoms. The Kier molecular flexibility index (Phi) is 6.92. The fourth-order valence-corrected chi connectivity index (χ4v) is 0. The minimum Gasteiger partial charge on any atom is -0.198 e. The molecule has 0 amide bonds. The molecule has 0 bridgehead atoms. The molecule has 0 saturated carbocycles. The second kappa shape index (κ2) is 5.73. The van der Waals surface area contributed by atoms with Gasteiger partial charge in [0, 0.05) is 0 Å². The summed E-state index contributed by atoms with van der Waals surface area (Å²) in [4.78, 5) is 0. The highest BCUT2D eigenvalue weighted by atomic mass is 35.6. The molecule has 0 aromatic carbocycles. The van der Waals surface area contributed by atoms with Gasteiger partial charge in [0.15, 0.2) is 0 Å². The first-order valence-corrected chi connectivity index (χ1v) is 4.66. The molecule has 12 heteroatoms. The highest BCUT2D eigenvalue weighted by molar-refractivity contribution is 6.68. The highest BCUT2D eigenvalue weighted by Crippen LogP contribution is 2.43. The van der Waals surface area contributed by atoms with Gasteiger partial charge in [-0.3, -0.25) is 0 Å². The summed E-state index contributed by atoms with van der Waals surface area (Å²) in [5, 5.41) is 0. The molecule has 0 unspecified atom stereocenters. The van der Waals surface area contributed by atoms with Crippen molar-refractivity contribution in [1.82, 2.24) is 0 Å². The van der Waals surface area contributed by atoms with Gasteiger partial charge in [-0.25, -0.2) is 0 Å². The third-order valence-electron chi connectivity index (χ3n) is 0.643. The highest BCUT2D eigenvalue weighted by Gasteiger charge is 2.53. The van der Waals surface area contributed by atoms with Gasteiger partial charge in [0.05, 0.1) is 0 Å². The second-order valence-corrected chi connectivity index (χ2v) is 5.51. The Morgan fingerprint density at radius 2 is 0.625 bits per heavy atom. The molecule has 0 aliphatic carbocycles. The van der Waals surface area contributed by atoms with E-state index in [1.165, 1.54) is 0 Å². The molecule has 0 nitrogen and oxygen atoms in total. The van der Waals surface area contributed by atoms with Crippen LogP contribution in [0.15, 0.2) is 0 Å². The summed E-state index contributed by atoms with van der Waals surface area (Å²) in [6, 6.07) is 0. The van der Waals surface area contributed by atoms with Crippen LogP contribution in [0.5, 0.6) is 0 Å². The summed E-state index contributed by atoms with van der Waals surface area (Å²) in [6.07, 6.45) is -9.96. The molecule has 0 rings (SSSR count). The molecule has 0 heterocycles. The molecule has 0 saturated heterocycles. The van der Waals surface area contributed by atoms with Crippen molar-refractivity contribution >= 4 is 58.0 Å². The molecular weight excluding hydrogens is 358 g/mol. The van der Waals surface area contributed by atoms with Gasteiger partial charge in [-0.2, -0.15) is 30.7 Å². The summed E-state index contributed by atoms with van der Waals surface area (Å²) < 4.78 is 70.3. The number of hydrogen-bond donors (Lipinski definition) is 0. The van der Waals surface area contributed by atoms with Crippen molar-refractivity contribution in [2.24, 2.45) is 0 Å². The Morgan fingerprint density at radius 3 is 0.625 bits per heavy atom. The molecule has 0 aromatic heterocycles. The molecule has 0 spiro atoms. The number of hydrogen-bond acceptors (Lipinski definition) is 0. The maximum absolute atomic E-state index is 11.3. The van der Waals surface area contributed by atoms with Crippen LogP contribution in [0.25, 0.3) is 0 Å². The maximum atomic E-state index is 11.3. The lowest BCUT2D eigenvalue weighted by Crippen LogP contribution is -2.28. The van der Waals surface area contributed by atoms with Gasteiger partial charge in [0.1, 0.15) is 0 Å². The lowest BCUT2D eigenvalue weighted by atomic mass is 10.7. The van der Waals surface area contributed by atoms with Gasteiger partial charge in [0.25, 0.3) is 3.79 Å². The van der Waals surface area contributed by atoms with Crippen LogP contribution >= 0.6 is 58.0 Å². The quantitative estimate of drug-likeness (QED) is 0.392. The first kappa shape index (κ1) is 19.3. The molecule has 0 fully saturated rings. The summed E-state index contributed by atoms with van der Waals surface area (Å²) in [7, 11) is 0. The van der Waals surface area contributed by atoms with Crippen molar-refractivity contribution in [1.29, 1.82) is 0 Å². The van der Waals surface area contributed by atoms with E-state index in [1.807, 2.05) is 0 Å². The van der Waals surface area contributed by atoms with Gasteiger partial charge in [0.2, 0.25) is 0 Å². The molecule has 0 aliphatic heterocycles. The van der Waals surface area contributed by atoms with Crippen LogP contribution in [0.2, 0.25) is 0 Å². The van der Waals surface area contributed by atoms with Crippen LogP contribution in [0.1, 0.15) is 0 Å². The van der Waals surface area contributed by atoms with Gasteiger partial charge < -0.3 is 0 Å². The van der Waals surface area contributed by atoms with E-state index in [0.717, 1.165) is 0 Å². The minimum absolute atomic E-state index is 3.15. The number of alkyl halides is 12. The van der Waals surface area contributed by atoms with Gasteiger partial charge in [-0.1, -0.05) is 58.0 Å². The SMILES string of the molecule is FC(F)(F)C(Cl)(Cl)Cl.FC(F)(F)C(F)(Cl)Cl. The average Bonchev–Trinajstić information content (AvgIpc) is 1.77. The van der Waals surface area contributed by atoms with Crippen LogP contribution < -0.4 is 0 Å². The van der Waals surface area contributed by atoms with Crippen LogP contribution in [0.3, 0.4) is 0 Å². The van der Waals surface area contributed by atoms with E-state index in [0.29, 0.717) is 0 Å². The number of halogens is 12. The average molecular weight is 358 g/mol. The molecule has 0 N–H and O–H groups in total. The predicted molar refractivity (Wildman–Crippen MR) is 47.9 cm³/mol. The Labute approximate surface area is 110 Å². The first-order valence-electron chi connectivity index (χ1n) is 2.77. The van der Waals surface area contributed by atoms with Gasteiger partial charge in [-0.05, 0) is 0 Å². The van der Waals surface area contributed by atoms with Gasteiger partial charge >= 0.3 is 16.9 Å². The lowest BCUT2D eigenvalue weighted by molar-refractivity contribution is -0.170. The Morgan fingerprint density at radius 1 is 0.500 bits per heavy atom. The van der Waals surface area contributed by atoms with E-state index >= 15 is 0 Å². The monoisotopic (exact) mass is 356 g/mol. The standard InChI is InChI=1S/C2Cl3F3.C2Cl2F4/c2*3-1(4,5)2(6,7)8. The zero-order valence-electron chi connectivity index (χ0n) is 6.54. The molecule has 0 aromatic rings. The van der Waals surface area contributed by atoms with Crippen LogP contribution in [0.4, 0.5) is 30.7 Å². The third kappa shape index (κ3) is 8.11. The van der Waals surface area contributed by atoms with Crippen molar-refractivity contribution in [3.05, 3.63) is 0 Å². The normalized spacial score (nSPS) is 14.2. The van der Waals surface area contributed by atoms with E-state index in [4.69, 9.17) is 0 Å². The Hall–Kier alpha value is 0.960. The third-order valence-corrected chi connectivity index (χ3v) is 1.71. The molecule has 0 atom stereocenters. The topological polar surface area (TPSA) is 0 Å². The largest absolute Gasteiger partial charge is 0.452 e. The van der Waals surface area contributed by atoms with E-state index in [2.05, 4.69) is 58.0 Å². The van der Waals surface area contributed by atoms with Crippen LogP contribution in [-0.2, 0) is 0 Å². The fraction of sp³-hybridized carbons (Fsp3) is 1.00. The zero-order chi connectivity index (χ0) is 14.0. The fourth-order valence-electron chi connectivity index (χ4n) is 0. The van der Waals surface area contributed by atoms with Crippen molar-refractivity contribution < 1.29 is 30.7 Å². The molecule has 0 aliphatic rings. The Balaban J connectivity index is 0. The van der Waals surface area contributed by atoms with Gasteiger partial charge in [-0.15, -0.1) is 0 Å². The molecule has 0 radical (unpaired) electrons. The lowest BCUT2D eigenvalue weighted by Gasteiger charge is -2.13. The van der Waals surface area contributed by atoms with E-state index in [-0.39, 0.29) is 0 Å². The van der Waals surface area contributed by atoms with Crippen LogP contribution in [0, 0.1) is 0 Å². The zero-order valence-corrected chi connectivity index (χ0v) is 10.3. The molecule has 100 valence electrons. The molecular formula is C4Cl5F7. The summed E-state index contributed by atoms with van der Waals surface area (Å²) in [5.74, 6) is 0. The van der Waals surface area contributed by atoms with Crippen molar-refractivity contribution in [2.45, 2.75) is 20.7 Å². The first-order chi connectivity index (χ1) is 6.50. The minimum atomic E-state index is -5.20. The van der Waals surface area contributed by atoms with Crippen LogP contribution in [-0.4, -0.2) is 20.7 Å². The summed E-state index contributed by atoms with van der Waals surface area (Å²) in [6.45, 7) is 0. The van der Waals surface area contributed by atoms with Crippen molar-refractivity contribution in [2.75, 3.05) is 0 Å². The van der Waals surface area contributed by atoms with E-state index in [9.17, 15) is 30.7 Å². The summed E-state index contributed by atoms with van der Waals surface area (Å²) >= 11 is 21.2. The van der Waals surface area contributed by atoms with Crippen molar-refractivity contribution in [3.63, 3.8) is 0 Å². The second-order valence-electron chi connectivity index (χ2n) is 1.99. The van der Waals surface area contributed by atoms with E-state index < -0.39 is 20.7 Å².